The van der Waals surface area contributed by atoms with Gasteiger partial charge in [0.2, 0.25) is 11.9 Å². The van der Waals surface area contributed by atoms with Gasteiger partial charge < -0.3 is 37.5 Å². The van der Waals surface area contributed by atoms with Crippen LogP contribution in [0.25, 0.3) is 11.2 Å². The second kappa shape index (κ2) is 23.1. The summed E-state index contributed by atoms with van der Waals surface area (Å²) >= 11 is 0. The number of H-pyrrole nitrogens is 1. The molecule has 0 radical (unpaired) electrons. The second-order valence-corrected chi connectivity index (χ2v) is 17.4. The zero-order valence-electron chi connectivity index (χ0n) is 36.8. The number of non-ortho nitro benzene ring substituents is 1. The third-order valence-electron chi connectivity index (χ3n) is 10.1. The molecule has 3 aromatic rings. The van der Waals surface area contributed by atoms with Gasteiger partial charge in [0.1, 0.15) is 37.3 Å². The molecule has 5 rings (SSSR count). The molecule has 1 amide bonds. The highest BCUT2D eigenvalue weighted by atomic mass is 31.2. The summed E-state index contributed by atoms with van der Waals surface area (Å²) in [6.07, 6.45) is -2.13. The Labute approximate surface area is 370 Å². The molecule has 0 saturated carbocycles. The van der Waals surface area contributed by atoms with Crippen molar-refractivity contribution in [2.45, 2.75) is 137 Å². The Morgan fingerprint density at radius 3 is 2.50 bits per heavy atom. The van der Waals surface area contributed by atoms with Crippen molar-refractivity contribution in [2.75, 3.05) is 25.1 Å². The molecule has 2 fully saturated rings. The molecule has 2 aromatic heterocycles. The van der Waals surface area contributed by atoms with Crippen LogP contribution in [0.3, 0.4) is 0 Å². The summed E-state index contributed by atoms with van der Waals surface area (Å²) < 4.78 is 47.2. The molecule has 0 spiro atoms. The minimum atomic E-state index is -1.99. The molecule has 64 heavy (non-hydrogen) atoms. The number of amides is 1. The van der Waals surface area contributed by atoms with Gasteiger partial charge in [-0.25, -0.2) is 14.4 Å². The number of ketones is 1. The Kier molecular flexibility index (Phi) is 17.9. The summed E-state index contributed by atoms with van der Waals surface area (Å²) in [4.78, 5) is 86.3. The van der Waals surface area contributed by atoms with Crippen LogP contribution < -0.4 is 10.9 Å². The summed E-state index contributed by atoms with van der Waals surface area (Å²) in [6, 6.07) is 5.25. The Morgan fingerprint density at radius 2 is 1.86 bits per heavy atom. The molecule has 2 aliphatic rings. The number of Topliss-reactive ketones (excluding diaryl/α,β-unsaturated/α-hetero) is 1. The third-order valence-corrected chi connectivity index (χ3v) is 12.2. The zero-order valence-corrected chi connectivity index (χ0v) is 37.7. The van der Waals surface area contributed by atoms with Gasteiger partial charge in [0, 0.05) is 48.7 Å². The minimum Gasteiger partial charge on any atom is -0.461 e. The molecule has 0 bridgehead atoms. The number of nitriles is 1. The van der Waals surface area contributed by atoms with Crippen LogP contribution in [0.4, 0.5) is 11.6 Å². The van der Waals surface area contributed by atoms with Crippen LogP contribution in [0.1, 0.15) is 109 Å². The Bertz CT molecular complexity index is 2230. The maximum Gasteiger partial charge on any atom is 0.338 e. The van der Waals surface area contributed by atoms with Gasteiger partial charge in [-0.2, -0.15) is 10.2 Å². The van der Waals surface area contributed by atoms with E-state index in [2.05, 4.69) is 26.3 Å². The van der Waals surface area contributed by atoms with Crippen molar-refractivity contribution in [2.24, 2.45) is 5.92 Å². The van der Waals surface area contributed by atoms with Crippen LogP contribution in [0, 0.1) is 27.4 Å². The fraction of sp³-hybridized carbons (Fsp3) is 0.610. The van der Waals surface area contributed by atoms with E-state index in [1.807, 2.05) is 32.4 Å². The van der Waals surface area contributed by atoms with Crippen molar-refractivity contribution in [3.05, 3.63) is 56.1 Å². The molecule has 22 nitrogen and oxygen atoms in total. The topological polar surface area (TPSA) is 279 Å². The normalized spacial score (nSPS) is 20.4. The Morgan fingerprint density at radius 1 is 1.11 bits per heavy atom. The maximum absolute atomic E-state index is 14.0. The summed E-state index contributed by atoms with van der Waals surface area (Å²) in [5, 5.41) is 23.8. The van der Waals surface area contributed by atoms with E-state index in [1.54, 1.807) is 13.8 Å². The van der Waals surface area contributed by atoms with E-state index in [0.717, 1.165) is 25.0 Å². The van der Waals surface area contributed by atoms with Crippen molar-refractivity contribution in [1.29, 1.82) is 5.26 Å². The highest BCUT2D eigenvalue weighted by molar-refractivity contribution is 7.44. The first-order valence-corrected chi connectivity index (χ1v) is 22.2. The molecule has 23 heteroatoms. The van der Waals surface area contributed by atoms with Crippen molar-refractivity contribution in [3.8, 4) is 6.07 Å². The number of hydrogen-bond donors (Lipinski definition) is 2. The lowest BCUT2D eigenvalue weighted by molar-refractivity contribution is -0.384. The fourth-order valence-electron chi connectivity index (χ4n) is 6.90. The molecular formula is C41H55N8O14P. The monoisotopic (exact) mass is 914 g/mol. The molecule has 2 aliphatic heterocycles. The van der Waals surface area contributed by atoms with E-state index in [0.29, 0.717) is 13.0 Å². The first-order valence-electron chi connectivity index (χ1n) is 21.0. The first-order chi connectivity index (χ1) is 30.5. The van der Waals surface area contributed by atoms with Gasteiger partial charge in [-0.05, 0) is 59.9 Å². The van der Waals surface area contributed by atoms with Crippen LogP contribution in [0.2, 0.25) is 0 Å². The molecule has 2 unspecified atom stereocenters. The summed E-state index contributed by atoms with van der Waals surface area (Å²) in [5.41, 5.74) is -1.32. The van der Waals surface area contributed by atoms with Crippen LogP contribution in [0.5, 0.6) is 0 Å². The molecule has 1 aromatic carbocycles. The lowest BCUT2D eigenvalue weighted by Crippen LogP contribution is -2.43. The smallest absolute Gasteiger partial charge is 0.338 e. The molecule has 2 saturated heterocycles. The van der Waals surface area contributed by atoms with Gasteiger partial charge in [-0.1, -0.05) is 13.8 Å². The van der Waals surface area contributed by atoms with Gasteiger partial charge in [0.15, 0.2) is 23.7 Å². The van der Waals surface area contributed by atoms with Crippen LogP contribution in [0.15, 0.2) is 29.3 Å². The number of aromatic amines is 1. The van der Waals surface area contributed by atoms with Crippen LogP contribution in [-0.2, 0) is 53.7 Å². The van der Waals surface area contributed by atoms with Gasteiger partial charge in [-0.15, -0.1) is 0 Å². The number of nitro groups is 1. The van der Waals surface area contributed by atoms with E-state index < -0.39 is 92.5 Å². The number of nitro benzene ring substituents is 1. The first kappa shape index (κ1) is 49.7. The number of imidazole rings is 1. The number of hydrogen-bond acceptors (Lipinski definition) is 18. The summed E-state index contributed by atoms with van der Waals surface area (Å²) in [5.74, 6) is -2.94. The number of rotatable bonds is 22. The average Bonchev–Trinajstić information content (AvgIpc) is 3.82. The van der Waals surface area contributed by atoms with Gasteiger partial charge in [0.25, 0.3) is 19.8 Å². The quantitative estimate of drug-likeness (QED) is 0.0422. The molecule has 6 atom stereocenters. The van der Waals surface area contributed by atoms with Crippen molar-refractivity contribution in [3.63, 3.8) is 0 Å². The van der Waals surface area contributed by atoms with E-state index in [4.69, 9.17) is 32.7 Å². The standard InChI is InChI=1S/C41H55N8O14P/c1-23(2)37(52)45-41-44-36-33(38(53)46-41)43-22-47(36)39-35(62-32-11-8-9-17-57-32)34(63-64(60-18-10-16-42)48(24(3)4)25(5)6)30(61-39)21-59-40(54)29-19-28(49(55)56)14-13-27(29)20-58-31(51)15-12-26(7)50/h13-14,19,22-25,30,32,34-35,39H,8-12,15,17-18,20-21H2,1-7H3,(H2,44,45,46,52,53)/t30-,32?,34-,35-,39-,64?/m1/s1. The van der Waals surface area contributed by atoms with Gasteiger partial charge >= 0.3 is 11.9 Å². The van der Waals surface area contributed by atoms with Crippen molar-refractivity contribution < 1.29 is 56.8 Å². The number of carbonyl (C=O) groups excluding carboxylic acids is 4. The molecular weight excluding hydrogens is 859 g/mol. The Balaban J connectivity index is 1.57. The lowest BCUT2D eigenvalue weighted by Gasteiger charge is -2.38. The van der Waals surface area contributed by atoms with Crippen molar-refractivity contribution in [1.82, 2.24) is 24.2 Å². The van der Waals surface area contributed by atoms with E-state index >= 15 is 0 Å². The predicted octanol–water partition coefficient (Wildman–Crippen LogP) is 5.36. The van der Waals surface area contributed by atoms with Crippen LogP contribution >= 0.6 is 8.53 Å². The van der Waals surface area contributed by atoms with Crippen molar-refractivity contribution >= 4 is 55.0 Å². The summed E-state index contributed by atoms with van der Waals surface area (Å²) in [6.45, 7) is 12.0. The number of esters is 2. The SMILES string of the molecule is CC(=O)CCC(=O)OCc1ccc([N+](=O)[O-])cc1C(=O)OC[C@H]1O[C@@H](n2cnc3c(=O)[nH]c(NC(=O)C(C)C)nc32)[C@H](OC2CCCCO2)[C@@H]1OP(OCCC#N)N(C(C)C)C(C)C. The third kappa shape index (κ3) is 12.9. The molecule has 4 heterocycles. The van der Waals surface area contributed by atoms with Crippen LogP contribution in [-0.4, -0.2) is 109 Å². The van der Waals surface area contributed by atoms with Gasteiger partial charge in [-0.3, -0.25) is 39.4 Å². The van der Waals surface area contributed by atoms with E-state index in [-0.39, 0.29) is 72.0 Å². The highest BCUT2D eigenvalue weighted by Crippen LogP contribution is 2.51. The number of carbonyl (C=O) groups is 4. The summed E-state index contributed by atoms with van der Waals surface area (Å²) in [7, 11) is -1.99. The number of nitrogens with one attached hydrogen (secondary N) is 2. The number of aromatic nitrogens is 4. The average molecular weight is 915 g/mol. The lowest BCUT2D eigenvalue weighted by atomic mass is 10.1. The predicted molar refractivity (Wildman–Crippen MR) is 227 cm³/mol. The Hall–Kier alpha value is -5.27. The number of fused-ring (bicyclic) bond motifs is 1. The molecule has 0 aliphatic carbocycles. The number of nitrogens with zero attached hydrogens (tertiary/aromatic N) is 6. The van der Waals surface area contributed by atoms with E-state index in [9.17, 15) is 39.3 Å². The fourth-order valence-corrected chi connectivity index (χ4v) is 8.67. The number of benzene rings is 1. The van der Waals surface area contributed by atoms with E-state index in [1.165, 1.54) is 23.9 Å². The maximum atomic E-state index is 14.0. The number of ether oxygens (including phenoxy) is 5. The number of anilines is 1. The highest BCUT2D eigenvalue weighted by Gasteiger charge is 2.52. The zero-order chi connectivity index (χ0) is 46.7. The second-order valence-electron chi connectivity index (χ2n) is 16.0. The van der Waals surface area contributed by atoms with Gasteiger partial charge in [0.05, 0.1) is 42.3 Å². The molecule has 348 valence electrons. The molecule has 2 N–H and O–H groups in total. The largest absolute Gasteiger partial charge is 0.461 e. The minimum absolute atomic E-state index is 0.0139.